The van der Waals surface area contributed by atoms with Crippen molar-refractivity contribution in [1.82, 2.24) is 10.3 Å². The van der Waals surface area contributed by atoms with Crippen LogP contribution >= 0.6 is 11.3 Å². The maximum atomic E-state index is 11.6. The van der Waals surface area contributed by atoms with Crippen molar-refractivity contribution in [3.05, 3.63) is 10.6 Å². The van der Waals surface area contributed by atoms with Crippen molar-refractivity contribution in [1.29, 1.82) is 0 Å². The highest BCUT2D eigenvalue weighted by Gasteiger charge is 2.18. The van der Waals surface area contributed by atoms with Crippen molar-refractivity contribution < 1.29 is 9.53 Å². The van der Waals surface area contributed by atoms with E-state index in [4.69, 9.17) is 4.74 Å². The van der Waals surface area contributed by atoms with Gasteiger partial charge in [0, 0.05) is 26.3 Å². The molecule has 2 N–H and O–H groups in total. The number of ether oxygens (including phenoxy) is 1. The van der Waals surface area contributed by atoms with Crippen LogP contribution in [0.25, 0.3) is 0 Å². The molecule has 94 valence electrons. The third kappa shape index (κ3) is 2.95. The van der Waals surface area contributed by atoms with Crippen LogP contribution in [0.2, 0.25) is 0 Å². The average molecular weight is 255 g/mol. The Balaban J connectivity index is 2.03. The molecule has 17 heavy (non-hydrogen) atoms. The summed E-state index contributed by atoms with van der Waals surface area (Å²) in [4.78, 5) is 16.6. The summed E-state index contributed by atoms with van der Waals surface area (Å²) < 4.78 is 5.30. The second-order valence-corrected chi connectivity index (χ2v) is 5.04. The normalized spacial score (nSPS) is 16.8. The van der Waals surface area contributed by atoms with Gasteiger partial charge in [-0.3, -0.25) is 4.79 Å². The van der Waals surface area contributed by atoms with E-state index in [2.05, 4.69) is 15.6 Å². The number of thiazole rings is 1. The molecule has 1 amide bonds. The summed E-state index contributed by atoms with van der Waals surface area (Å²) in [5, 5.41) is 6.82. The highest BCUT2D eigenvalue weighted by molar-refractivity contribution is 7.17. The number of aromatic nitrogens is 1. The van der Waals surface area contributed by atoms with E-state index in [1.807, 2.05) is 6.92 Å². The summed E-state index contributed by atoms with van der Waals surface area (Å²) in [6.07, 6.45) is 1.99. The van der Waals surface area contributed by atoms with Crippen LogP contribution < -0.4 is 10.6 Å². The van der Waals surface area contributed by atoms with Gasteiger partial charge in [0.25, 0.3) is 5.91 Å². The molecule has 1 fully saturated rings. The minimum atomic E-state index is -0.0694. The molecule has 0 saturated carbocycles. The molecule has 0 aromatic carbocycles. The second-order valence-electron chi connectivity index (χ2n) is 4.04. The van der Waals surface area contributed by atoms with Crippen molar-refractivity contribution in [2.24, 2.45) is 0 Å². The van der Waals surface area contributed by atoms with Gasteiger partial charge in [-0.15, -0.1) is 0 Å². The monoisotopic (exact) mass is 255 g/mol. The van der Waals surface area contributed by atoms with Crippen LogP contribution in [0.15, 0.2) is 0 Å². The molecule has 0 aliphatic carbocycles. The Morgan fingerprint density at radius 2 is 2.18 bits per heavy atom. The molecule has 6 heteroatoms. The van der Waals surface area contributed by atoms with Crippen molar-refractivity contribution in [2.75, 3.05) is 25.6 Å². The molecule has 1 aromatic heterocycles. The first-order valence-electron chi connectivity index (χ1n) is 5.74. The van der Waals surface area contributed by atoms with Gasteiger partial charge in [0.1, 0.15) is 4.88 Å². The van der Waals surface area contributed by atoms with Gasteiger partial charge in [-0.1, -0.05) is 11.3 Å². The van der Waals surface area contributed by atoms with Crippen molar-refractivity contribution >= 4 is 22.4 Å². The lowest BCUT2D eigenvalue weighted by molar-refractivity contribution is 0.0904. The zero-order valence-corrected chi connectivity index (χ0v) is 10.9. The maximum Gasteiger partial charge on any atom is 0.263 e. The van der Waals surface area contributed by atoms with Gasteiger partial charge in [0.15, 0.2) is 5.13 Å². The number of aryl methyl sites for hydroxylation is 1. The van der Waals surface area contributed by atoms with Gasteiger partial charge >= 0.3 is 0 Å². The number of anilines is 1. The number of carbonyl (C=O) groups is 1. The van der Waals surface area contributed by atoms with Gasteiger partial charge < -0.3 is 15.4 Å². The Kier molecular flexibility index (Phi) is 3.96. The number of hydrogen-bond donors (Lipinski definition) is 2. The summed E-state index contributed by atoms with van der Waals surface area (Å²) in [6.45, 7) is 3.45. The molecule has 1 saturated heterocycles. The molecule has 0 bridgehead atoms. The van der Waals surface area contributed by atoms with Crippen LogP contribution in [-0.2, 0) is 4.74 Å². The van der Waals surface area contributed by atoms with E-state index in [0.717, 1.165) is 36.9 Å². The highest BCUT2D eigenvalue weighted by Crippen LogP contribution is 2.24. The largest absolute Gasteiger partial charge is 0.381 e. The minimum Gasteiger partial charge on any atom is -0.381 e. The second kappa shape index (κ2) is 5.46. The smallest absolute Gasteiger partial charge is 0.263 e. The average Bonchev–Trinajstić information content (AvgIpc) is 2.70. The maximum absolute atomic E-state index is 11.6. The molecule has 0 unspecified atom stereocenters. The number of nitrogens with one attached hydrogen (secondary N) is 2. The SMILES string of the molecule is CNC(=O)c1sc(NC2CCOCC2)nc1C. The lowest BCUT2D eigenvalue weighted by Crippen LogP contribution is -2.27. The number of carbonyl (C=O) groups excluding carboxylic acids is 1. The standard InChI is InChI=1S/C11H17N3O2S/c1-7-9(10(15)12-2)17-11(13-7)14-8-3-5-16-6-4-8/h8H,3-6H2,1-2H3,(H,12,15)(H,13,14). The minimum absolute atomic E-state index is 0.0694. The molecule has 1 aliphatic heterocycles. The third-order valence-electron chi connectivity index (χ3n) is 2.78. The Labute approximate surface area is 105 Å². The number of rotatable bonds is 3. The summed E-state index contributed by atoms with van der Waals surface area (Å²) in [5.41, 5.74) is 0.781. The summed E-state index contributed by atoms with van der Waals surface area (Å²) in [7, 11) is 1.63. The molecule has 0 atom stereocenters. The van der Waals surface area contributed by atoms with Crippen LogP contribution in [0.4, 0.5) is 5.13 Å². The van der Waals surface area contributed by atoms with E-state index in [0.29, 0.717) is 10.9 Å². The predicted molar refractivity (Wildman–Crippen MR) is 67.7 cm³/mol. The Morgan fingerprint density at radius 3 is 2.82 bits per heavy atom. The fourth-order valence-corrected chi connectivity index (χ4v) is 2.79. The molecule has 2 rings (SSSR count). The molecular weight excluding hydrogens is 238 g/mol. The van der Waals surface area contributed by atoms with Gasteiger partial charge in [-0.05, 0) is 19.8 Å². The highest BCUT2D eigenvalue weighted by atomic mass is 32.1. The molecule has 1 aromatic rings. The van der Waals surface area contributed by atoms with Crippen LogP contribution in [-0.4, -0.2) is 37.2 Å². The third-order valence-corrected chi connectivity index (χ3v) is 3.87. The van der Waals surface area contributed by atoms with Crippen LogP contribution in [0.3, 0.4) is 0 Å². The van der Waals surface area contributed by atoms with E-state index in [1.54, 1.807) is 7.05 Å². The fourth-order valence-electron chi connectivity index (χ4n) is 1.80. The van der Waals surface area contributed by atoms with E-state index in [-0.39, 0.29) is 5.91 Å². The summed E-state index contributed by atoms with van der Waals surface area (Å²) in [5.74, 6) is -0.0694. The number of nitrogens with zero attached hydrogens (tertiary/aromatic N) is 1. The summed E-state index contributed by atoms with van der Waals surface area (Å²) >= 11 is 1.41. The quantitative estimate of drug-likeness (QED) is 0.857. The van der Waals surface area contributed by atoms with Crippen LogP contribution in [0.5, 0.6) is 0 Å². The lowest BCUT2D eigenvalue weighted by Gasteiger charge is -2.22. The van der Waals surface area contributed by atoms with E-state index in [1.165, 1.54) is 11.3 Å². The topological polar surface area (TPSA) is 63.2 Å². The lowest BCUT2D eigenvalue weighted by atomic mass is 10.1. The van der Waals surface area contributed by atoms with Gasteiger partial charge in [-0.2, -0.15) is 0 Å². The molecular formula is C11H17N3O2S. The first-order chi connectivity index (χ1) is 8.20. The molecule has 0 spiro atoms. The van der Waals surface area contributed by atoms with Crippen LogP contribution in [0, 0.1) is 6.92 Å². The summed E-state index contributed by atoms with van der Waals surface area (Å²) in [6, 6.07) is 0.409. The molecule has 2 heterocycles. The van der Waals surface area contributed by atoms with Crippen molar-refractivity contribution in [3.8, 4) is 0 Å². The predicted octanol–water partition coefficient (Wildman–Crippen LogP) is 1.40. The van der Waals surface area contributed by atoms with Crippen molar-refractivity contribution in [3.63, 3.8) is 0 Å². The van der Waals surface area contributed by atoms with E-state index < -0.39 is 0 Å². The zero-order valence-electron chi connectivity index (χ0n) is 10.1. The van der Waals surface area contributed by atoms with Crippen molar-refractivity contribution in [2.45, 2.75) is 25.8 Å². The Hall–Kier alpha value is -1.14. The van der Waals surface area contributed by atoms with Crippen LogP contribution in [0.1, 0.15) is 28.2 Å². The number of amides is 1. The zero-order chi connectivity index (χ0) is 12.3. The van der Waals surface area contributed by atoms with E-state index >= 15 is 0 Å². The van der Waals surface area contributed by atoms with Gasteiger partial charge in [-0.25, -0.2) is 4.98 Å². The fraction of sp³-hybridized carbons (Fsp3) is 0.636. The van der Waals surface area contributed by atoms with E-state index in [9.17, 15) is 4.79 Å². The Bertz CT molecular complexity index is 399. The number of hydrogen-bond acceptors (Lipinski definition) is 5. The molecule has 5 nitrogen and oxygen atoms in total. The molecule has 0 radical (unpaired) electrons. The van der Waals surface area contributed by atoms with Gasteiger partial charge in [0.2, 0.25) is 0 Å². The first kappa shape index (κ1) is 12.3. The van der Waals surface area contributed by atoms with Gasteiger partial charge in [0.05, 0.1) is 5.69 Å². The molecule has 1 aliphatic rings. The first-order valence-corrected chi connectivity index (χ1v) is 6.56. The Morgan fingerprint density at radius 1 is 1.47 bits per heavy atom.